The SMILES string of the molecule is CCC(=O)CCC(NC(=O)OC(C)(C)C)C(=O)NC(CCC(=O)OCc1ccccc1)C(=O)OCc1ccccc1. The van der Waals surface area contributed by atoms with Crippen molar-refractivity contribution in [3.63, 3.8) is 0 Å². The van der Waals surface area contributed by atoms with Gasteiger partial charge in [0.05, 0.1) is 0 Å². The summed E-state index contributed by atoms with van der Waals surface area (Å²) in [6, 6.07) is 15.8. The quantitative estimate of drug-likeness (QED) is 0.238. The molecule has 0 aliphatic rings. The van der Waals surface area contributed by atoms with Crippen LogP contribution in [-0.4, -0.2) is 47.4 Å². The molecule has 2 rings (SSSR count). The molecule has 2 amide bonds. The number of amides is 2. The molecule has 222 valence electrons. The molecule has 0 radical (unpaired) electrons. The van der Waals surface area contributed by atoms with E-state index in [9.17, 15) is 24.0 Å². The highest BCUT2D eigenvalue weighted by molar-refractivity contribution is 5.90. The van der Waals surface area contributed by atoms with E-state index in [1.54, 1.807) is 52.0 Å². The first kappa shape index (κ1) is 33.0. The fourth-order valence-corrected chi connectivity index (χ4v) is 3.62. The van der Waals surface area contributed by atoms with Crippen LogP contribution in [0.1, 0.15) is 70.9 Å². The molecule has 10 heteroatoms. The van der Waals surface area contributed by atoms with Gasteiger partial charge in [-0.25, -0.2) is 9.59 Å². The smallest absolute Gasteiger partial charge is 0.408 e. The molecule has 0 aliphatic heterocycles. The van der Waals surface area contributed by atoms with Crippen molar-refractivity contribution < 1.29 is 38.2 Å². The topological polar surface area (TPSA) is 137 Å². The molecule has 0 aliphatic carbocycles. The molecule has 2 aromatic rings. The zero-order chi connectivity index (χ0) is 30.3. The summed E-state index contributed by atoms with van der Waals surface area (Å²) in [5.74, 6) is -2.10. The third kappa shape index (κ3) is 13.6. The standard InChI is InChI=1S/C31H40N2O8/c1-5-24(34)16-17-25(33-30(38)41-31(2,3)4)28(36)32-26(29(37)40-21-23-14-10-7-11-15-23)18-19-27(35)39-20-22-12-8-6-9-13-22/h6-15,25-26H,5,16-21H2,1-4H3,(H,32,36)(H,33,38). The summed E-state index contributed by atoms with van der Waals surface area (Å²) in [7, 11) is 0. The lowest BCUT2D eigenvalue weighted by Gasteiger charge is -2.25. The molecule has 0 saturated heterocycles. The van der Waals surface area contributed by atoms with E-state index < -0.39 is 41.6 Å². The maximum absolute atomic E-state index is 13.3. The van der Waals surface area contributed by atoms with E-state index in [4.69, 9.17) is 14.2 Å². The first-order valence-electron chi connectivity index (χ1n) is 13.7. The molecule has 0 aromatic heterocycles. The van der Waals surface area contributed by atoms with Crippen LogP contribution >= 0.6 is 0 Å². The Labute approximate surface area is 241 Å². The number of rotatable bonds is 15. The Morgan fingerprint density at radius 2 is 1.27 bits per heavy atom. The van der Waals surface area contributed by atoms with Crippen LogP contribution in [0.3, 0.4) is 0 Å². The van der Waals surface area contributed by atoms with Gasteiger partial charge in [0.2, 0.25) is 5.91 Å². The second-order valence-corrected chi connectivity index (χ2v) is 10.5. The van der Waals surface area contributed by atoms with Gasteiger partial charge in [0.1, 0.15) is 36.7 Å². The van der Waals surface area contributed by atoms with E-state index in [0.717, 1.165) is 11.1 Å². The number of ether oxygens (including phenoxy) is 3. The first-order valence-corrected chi connectivity index (χ1v) is 13.7. The highest BCUT2D eigenvalue weighted by atomic mass is 16.6. The van der Waals surface area contributed by atoms with Crippen LogP contribution in [0, 0.1) is 0 Å². The van der Waals surface area contributed by atoms with Gasteiger partial charge in [-0.2, -0.15) is 0 Å². The van der Waals surface area contributed by atoms with Gasteiger partial charge in [0.15, 0.2) is 0 Å². The van der Waals surface area contributed by atoms with Gasteiger partial charge in [-0.05, 0) is 44.7 Å². The predicted octanol–water partition coefficient (Wildman–Crippen LogP) is 4.39. The van der Waals surface area contributed by atoms with Crippen molar-refractivity contribution in [2.75, 3.05) is 0 Å². The van der Waals surface area contributed by atoms with Crippen LogP contribution in [0.4, 0.5) is 4.79 Å². The van der Waals surface area contributed by atoms with Gasteiger partial charge in [0, 0.05) is 19.3 Å². The normalized spacial score (nSPS) is 12.4. The van der Waals surface area contributed by atoms with Gasteiger partial charge >= 0.3 is 18.0 Å². The number of ketones is 1. The number of carbonyl (C=O) groups is 5. The Morgan fingerprint density at radius 1 is 0.732 bits per heavy atom. The van der Waals surface area contributed by atoms with Gasteiger partial charge < -0.3 is 24.8 Å². The van der Waals surface area contributed by atoms with Crippen LogP contribution in [0.2, 0.25) is 0 Å². The maximum atomic E-state index is 13.3. The number of hydrogen-bond donors (Lipinski definition) is 2. The van der Waals surface area contributed by atoms with Crippen LogP contribution in [0.5, 0.6) is 0 Å². The fourth-order valence-electron chi connectivity index (χ4n) is 3.62. The molecular weight excluding hydrogens is 528 g/mol. The van der Waals surface area contributed by atoms with Gasteiger partial charge in [-0.1, -0.05) is 67.6 Å². The minimum Gasteiger partial charge on any atom is -0.461 e. The summed E-state index contributed by atoms with van der Waals surface area (Å²) in [6.07, 6.45) is -0.784. The molecule has 2 aromatic carbocycles. The molecule has 10 nitrogen and oxygen atoms in total. The number of alkyl carbamates (subject to hydrolysis) is 1. The van der Waals surface area contributed by atoms with Crippen LogP contribution in [0.15, 0.2) is 60.7 Å². The van der Waals surface area contributed by atoms with Crippen molar-refractivity contribution in [3.8, 4) is 0 Å². The van der Waals surface area contributed by atoms with Gasteiger partial charge in [0.25, 0.3) is 0 Å². The number of nitrogens with one attached hydrogen (secondary N) is 2. The van der Waals surface area contributed by atoms with E-state index in [-0.39, 0.29) is 51.1 Å². The Balaban J connectivity index is 2.11. The summed E-state index contributed by atoms with van der Waals surface area (Å²) >= 11 is 0. The Morgan fingerprint density at radius 3 is 1.80 bits per heavy atom. The molecule has 0 saturated carbocycles. The van der Waals surface area contributed by atoms with Crippen molar-refractivity contribution in [1.29, 1.82) is 0 Å². The zero-order valence-corrected chi connectivity index (χ0v) is 24.1. The summed E-state index contributed by atoms with van der Waals surface area (Å²) in [5, 5.41) is 5.08. The van der Waals surface area contributed by atoms with Crippen molar-refractivity contribution in [1.82, 2.24) is 10.6 Å². The van der Waals surface area contributed by atoms with E-state index in [1.165, 1.54) is 0 Å². The third-order valence-corrected chi connectivity index (χ3v) is 5.82. The largest absolute Gasteiger partial charge is 0.461 e. The Kier molecular flexibility index (Phi) is 13.5. The molecular formula is C31H40N2O8. The average Bonchev–Trinajstić information content (AvgIpc) is 2.94. The summed E-state index contributed by atoms with van der Waals surface area (Å²) in [5.41, 5.74) is 0.746. The lowest BCUT2D eigenvalue weighted by Crippen LogP contribution is -2.52. The van der Waals surface area contributed by atoms with Crippen molar-refractivity contribution >= 4 is 29.7 Å². The molecule has 0 spiro atoms. The monoisotopic (exact) mass is 568 g/mol. The zero-order valence-electron chi connectivity index (χ0n) is 24.1. The number of hydrogen-bond acceptors (Lipinski definition) is 8. The first-order chi connectivity index (χ1) is 19.5. The number of carbonyl (C=O) groups excluding carboxylic acids is 5. The molecule has 0 heterocycles. The van der Waals surface area contributed by atoms with Crippen molar-refractivity contribution in [2.24, 2.45) is 0 Å². The van der Waals surface area contributed by atoms with Crippen LogP contribution in [-0.2, 0) is 46.6 Å². The molecule has 0 fully saturated rings. The number of benzene rings is 2. The third-order valence-electron chi connectivity index (χ3n) is 5.82. The summed E-state index contributed by atoms with van der Waals surface area (Å²) in [4.78, 5) is 63.1. The lowest BCUT2D eigenvalue weighted by atomic mass is 10.1. The Bertz CT molecular complexity index is 1150. The van der Waals surface area contributed by atoms with E-state index in [2.05, 4.69) is 10.6 Å². The van der Waals surface area contributed by atoms with Crippen LogP contribution in [0.25, 0.3) is 0 Å². The molecule has 2 N–H and O–H groups in total. The molecule has 41 heavy (non-hydrogen) atoms. The predicted molar refractivity (Wildman–Crippen MR) is 151 cm³/mol. The van der Waals surface area contributed by atoms with E-state index >= 15 is 0 Å². The number of esters is 2. The average molecular weight is 569 g/mol. The second kappa shape index (κ2) is 16.8. The highest BCUT2D eigenvalue weighted by Gasteiger charge is 2.30. The summed E-state index contributed by atoms with van der Waals surface area (Å²) in [6.45, 7) is 6.78. The molecule has 2 unspecified atom stereocenters. The lowest BCUT2D eigenvalue weighted by molar-refractivity contribution is -0.150. The summed E-state index contributed by atoms with van der Waals surface area (Å²) < 4.78 is 16.0. The van der Waals surface area contributed by atoms with Gasteiger partial charge in [-0.15, -0.1) is 0 Å². The second-order valence-electron chi connectivity index (χ2n) is 10.5. The van der Waals surface area contributed by atoms with E-state index in [0.29, 0.717) is 0 Å². The minimum atomic E-state index is -1.21. The Hall–Kier alpha value is -4.21. The fraction of sp³-hybridized carbons (Fsp3) is 0.452. The van der Waals surface area contributed by atoms with Crippen LogP contribution < -0.4 is 10.6 Å². The maximum Gasteiger partial charge on any atom is 0.408 e. The van der Waals surface area contributed by atoms with Crippen molar-refractivity contribution in [2.45, 2.75) is 90.7 Å². The molecule has 0 bridgehead atoms. The molecule has 2 atom stereocenters. The number of Topliss-reactive ketones (excluding diaryl/α,β-unsaturated/α-hetero) is 1. The van der Waals surface area contributed by atoms with Gasteiger partial charge in [-0.3, -0.25) is 14.4 Å². The van der Waals surface area contributed by atoms with Crippen molar-refractivity contribution in [3.05, 3.63) is 71.8 Å². The highest BCUT2D eigenvalue weighted by Crippen LogP contribution is 2.11. The van der Waals surface area contributed by atoms with E-state index in [1.807, 2.05) is 36.4 Å². The minimum absolute atomic E-state index is 0.00263.